The van der Waals surface area contributed by atoms with Crippen molar-refractivity contribution in [2.75, 3.05) is 18.0 Å². The van der Waals surface area contributed by atoms with Crippen LogP contribution in [0.3, 0.4) is 0 Å². The molecule has 3 heterocycles. The van der Waals surface area contributed by atoms with Gasteiger partial charge in [-0.15, -0.1) is 11.3 Å². The van der Waals surface area contributed by atoms with Crippen LogP contribution in [-0.4, -0.2) is 23.1 Å². The number of aromatic nitrogens is 2. The van der Waals surface area contributed by atoms with Crippen LogP contribution >= 0.6 is 11.3 Å². The van der Waals surface area contributed by atoms with Gasteiger partial charge in [-0.25, -0.2) is 9.97 Å². The van der Waals surface area contributed by atoms with Crippen LogP contribution in [0.2, 0.25) is 0 Å². The summed E-state index contributed by atoms with van der Waals surface area (Å²) in [6, 6.07) is 16.9. The van der Waals surface area contributed by atoms with Crippen molar-refractivity contribution in [3.8, 4) is 11.4 Å². The van der Waals surface area contributed by atoms with Crippen molar-refractivity contribution in [1.29, 1.82) is 0 Å². The molecule has 0 aliphatic carbocycles. The van der Waals surface area contributed by atoms with E-state index in [1.807, 2.05) is 0 Å². The van der Waals surface area contributed by atoms with E-state index in [0.717, 1.165) is 41.2 Å². The summed E-state index contributed by atoms with van der Waals surface area (Å²) in [5, 5.41) is 4.55. The highest BCUT2D eigenvalue weighted by molar-refractivity contribution is 7.17. The van der Waals surface area contributed by atoms with Gasteiger partial charge in [-0.05, 0) is 47.9 Å². The molecule has 2 aromatic heterocycles. The number of anilines is 1. The van der Waals surface area contributed by atoms with E-state index in [0.29, 0.717) is 0 Å². The van der Waals surface area contributed by atoms with Crippen LogP contribution < -0.4 is 4.90 Å². The van der Waals surface area contributed by atoms with Crippen molar-refractivity contribution < 1.29 is 0 Å². The summed E-state index contributed by atoms with van der Waals surface area (Å²) >= 11 is 1.76. The topological polar surface area (TPSA) is 29.0 Å². The molecule has 1 fully saturated rings. The van der Waals surface area contributed by atoms with Crippen LogP contribution in [0.25, 0.3) is 32.4 Å². The highest BCUT2D eigenvalue weighted by atomic mass is 32.1. The van der Waals surface area contributed by atoms with Crippen molar-refractivity contribution >= 4 is 38.1 Å². The zero-order valence-corrected chi connectivity index (χ0v) is 14.1. The van der Waals surface area contributed by atoms with E-state index in [2.05, 4.69) is 58.8 Å². The molecule has 0 amide bonds. The van der Waals surface area contributed by atoms with Gasteiger partial charge in [0.05, 0.1) is 5.52 Å². The lowest BCUT2D eigenvalue weighted by molar-refractivity contribution is 0.942. The number of para-hydroxylation sites is 1. The summed E-state index contributed by atoms with van der Waals surface area (Å²) in [5.74, 6) is 1.92. The second-order valence-electron chi connectivity index (χ2n) is 6.23. The Hall–Kier alpha value is -2.46. The summed E-state index contributed by atoms with van der Waals surface area (Å²) in [6.45, 7) is 2.17. The van der Waals surface area contributed by atoms with Crippen molar-refractivity contribution in [3.05, 3.63) is 53.9 Å². The van der Waals surface area contributed by atoms with E-state index in [1.165, 1.54) is 22.9 Å². The summed E-state index contributed by atoms with van der Waals surface area (Å²) in [6.07, 6.45) is 2.49. The number of thiophene rings is 1. The predicted octanol–water partition coefficient (Wildman–Crippen LogP) is 5.11. The Bertz CT molecular complexity index is 1030. The molecule has 1 aliphatic rings. The molecular weight excluding hydrogens is 314 g/mol. The molecule has 5 rings (SSSR count). The number of hydrogen-bond donors (Lipinski definition) is 0. The number of fused-ring (bicyclic) bond motifs is 2. The molecule has 0 spiro atoms. The lowest BCUT2D eigenvalue weighted by atomic mass is 10.1. The van der Waals surface area contributed by atoms with Crippen molar-refractivity contribution in [3.63, 3.8) is 0 Å². The molecule has 3 nitrogen and oxygen atoms in total. The lowest BCUT2D eigenvalue weighted by Gasteiger charge is -2.19. The molecule has 24 heavy (non-hydrogen) atoms. The molecule has 0 saturated carbocycles. The Kier molecular flexibility index (Phi) is 3.23. The Labute approximate surface area is 144 Å². The predicted molar refractivity (Wildman–Crippen MR) is 102 cm³/mol. The molecule has 118 valence electrons. The van der Waals surface area contributed by atoms with Crippen molar-refractivity contribution in [2.24, 2.45) is 0 Å². The minimum atomic E-state index is 0.837. The zero-order valence-electron chi connectivity index (χ0n) is 13.3. The normalized spacial score (nSPS) is 14.8. The van der Waals surface area contributed by atoms with Gasteiger partial charge >= 0.3 is 0 Å². The van der Waals surface area contributed by atoms with Crippen LogP contribution in [0.15, 0.2) is 53.9 Å². The first kappa shape index (κ1) is 13.9. The Morgan fingerprint density at radius 2 is 1.75 bits per heavy atom. The minimum absolute atomic E-state index is 0.837. The molecule has 0 N–H and O–H groups in total. The Balaban J connectivity index is 1.78. The molecule has 2 aromatic carbocycles. The fourth-order valence-corrected chi connectivity index (χ4v) is 4.43. The van der Waals surface area contributed by atoms with E-state index in [-0.39, 0.29) is 0 Å². The number of nitrogens with zero attached hydrogens (tertiary/aromatic N) is 3. The maximum atomic E-state index is 5.00. The molecule has 0 bridgehead atoms. The molecule has 0 atom stereocenters. The fraction of sp³-hybridized carbons (Fsp3) is 0.200. The summed E-state index contributed by atoms with van der Waals surface area (Å²) in [5.41, 5.74) is 2.16. The SMILES string of the molecule is c1cc(-c2nc(N3CCCC3)c3ccccc3n2)c2sccc2c1. The van der Waals surface area contributed by atoms with Gasteiger partial charge in [0, 0.05) is 28.7 Å². The highest BCUT2D eigenvalue weighted by Gasteiger charge is 2.19. The largest absolute Gasteiger partial charge is 0.356 e. The summed E-state index contributed by atoms with van der Waals surface area (Å²) in [4.78, 5) is 12.3. The molecule has 1 saturated heterocycles. The highest BCUT2D eigenvalue weighted by Crippen LogP contribution is 2.34. The average Bonchev–Trinajstić information content (AvgIpc) is 3.32. The first-order valence-electron chi connectivity index (χ1n) is 8.38. The number of rotatable bonds is 2. The van der Waals surface area contributed by atoms with Gasteiger partial charge in [0.1, 0.15) is 5.82 Å². The van der Waals surface area contributed by atoms with Crippen LogP contribution in [0.5, 0.6) is 0 Å². The van der Waals surface area contributed by atoms with Gasteiger partial charge in [0.15, 0.2) is 5.82 Å². The minimum Gasteiger partial charge on any atom is -0.356 e. The number of hydrogen-bond acceptors (Lipinski definition) is 4. The molecule has 4 heteroatoms. The molecule has 0 unspecified atom stereocenters. The zero-order chi connectivity index (χ0) is 15.9. The van der Waals surface area contributed by atoms with Gasteiger partial charge < -0.3 is 4.90 Å². The third-order valence-electron chi connectivity index (χ3n) is 4.71. The van der Waals surface area contributed by atoms with Crippen molar-refractivity contribution in [1.82, 2.24) is 9.97 Å². The second-order valence-corrected chi connectivity index (χ2v) is 7.14. The van der Waals surface area contributed by atoms with Gasteiger partial charge in [-0.2, -0.15) is 0 Å². The van der Waals surface area contributed by atoms with Crippen molar-refractivity contribution in [2.45, 2.75) is 12.8 Å². The molecule has 4 aromatic rings. The average molecular weight is 331 g/mol. The van der Waals surface area contributed by atoms with E-state index < -0.39 is 0 Å². The maximum Gasteiger partial charge on any atom is 0.163 e. The molecular formula is C20H17N3S. The van der Waals surface area contributed by atoms with Crippen LogP contribution in [0.1, 0.15) is 12.8 Å². The van der Waals surface area contributed by atoms with E-state index >= 15 is 0 Å². The second kappa shape index (κ2) is 5.56. The Morgan fingerprint density at radius 1 is 0.875 bits per heavy atom. The monoisotopic (exact) mass is 331 g/mol. The van der Waals surface area contributed by atoms with Gasteiger partial charge in [-0.3, -0.25) is 0 Å². The summed E-state index contributed by atoms with van der Waals surface area (Å²) < 4.78 is 1.26. The third kappa shape index (κ3) is 2.18. The van der Waals surface area contributed by atoms with Gasteiger partial charge in [-0.1, -0.05) is 24.3 Å². The molecule has 0 radical (unpaired) electrons. The quantitative estimate of drug-likeness (QED) is 0.511. The molecule has 1 aliphatic heterocycles. The van der Waals surface area contributed by atoms with E-state index in [1.54, 1.807) is 11.3 Å². The maximum absolute atomic E-state index is 5.00. The van der Waals surface area contributed by atoms with E-state index in [9.17, 15) is 0 Å². The number of benzene rings is 2. The standard InChI is InChI=1S/C20H17N3S/c1-2-9-17-15(7-1)20(23-11-3-4-12-23)22-19(21-17)16-8-5-6-14-10-13-24-18(14)16/h1-2,5-10,13H,3-4,11-12H2. The van der Waals surface area contributed by atoms with Crippen LogP contribution in [0.4, 0.5) is 5.82 Å². The van der Waals surface area contributed by atoms with E-state index in [4.69, 9.17) is 9.97 Å². The van der Waals surface area contributed by atoms with Crippen LogP contribution in [-0.2, 0) is 0 Å². The summed E-state index contributed by atoms with van der Waals surface area (Å²) in [7, 11) is 0. The Morgan fingerprint density at radius 3 is 2.67 bits per heavy atom. The van der Waals surface area contributed by atoms with Crippen LogP contribution in [0, 0.1) is 0 Å². The first-order valence-corrected chi connectivity index (χ1v) is 9.26. The van der Waals surface area contributed by atoms with Gasteiger partial charge in [0.2, 0.25) is 0 Å². The lowest BCUT2D eigenvalue weighted by Crippen LogP contribution is -2.19. The third-order valence-corrected chi connectivity index (χ3v) is 5.67. The van der Waals surface area contributed by atoms with Gasteiger partial charge in [0.25, 0.3) is 0 Å². The smallest absolute Gasteiger partial charge is 0.163 e. The first-order chi connectivity index (χ1) is 11.9. The fourth-order valence-electron chi connectivity index (χ4n) is 3.52.